The Balaban J connectivity index is 1.98. The Labute approximate surface area is 96.2 Å². The molecule has 16 heavy (non-hydrogen) atoms. The fraction of sp³-hybridized carbons (Fsp3) is 0.917. The van der Waals surface area contributed by atoms with E-state index in [4.69, 9.17) is 14.2 Å². The van der Waals surface area contributed by atoms with E-state index in [9.17, 15) is 4.79 Å². The minimum atomic E-state index is -0.376. The van der Waals surface area contributed by atoms with Gasteiger partial charge in [0.05, 0.1) is 18.8 Å². The number of ether oxygens (including phenoxy) is 3. The fourth-order valence-electron chi connectivity index (χ4n) is 2.78. The summed E-state index contributed by atoms with van der Waals surface area (Å²) >= 11 is 0. The lowest BCUT2D eigenvalue weighted by Crippen LogP contribution is -2.45. The summed E-state index contributed by atoms with van der Waals surface area (Å²) < 4.78 is 16.9. The Morgan fingerprint density at radius 3 is 2.19 bits per heavy atom. The van der Waals surface area contributed by atoms with Crippen molar-refractivity contribution in [2.24, 2.45) is 0 Å². The molecule has 0 bridgehead atoms. The summed E-state index contributed by atoms with van der Waals surface area (Å²) in [4.78, 5) is 11.2. The number of methoxy groups -OCH3 is 1. The van der Waals surface area contributed by atoms with Crippen LogP contribution in [0, 0.1) is 0 Å². The quantitative estimate of drug-likeness (QED) is 0.737. The predicted molar refractivity (Wildman–Crippen MR) is 58.1 cm³/mol. The molecule has 0 unspecified atom stereocenters. The number of ketones is 1. The van der Waals surface area contributed by atoms with Gasteiger partial charge in [0.15, 0.2) is 5.79 Å². The van der Waals surface area contributed by atoms with E-state index in [0.29, 0.717) is 19.6 Å². The van der Waals surface area contributed by atoms with Crippen molar-refractivity contribution in [3.05, 3.63) is 0 Å². The molecule has 0 aromatic rings. The van der Waals surface area contributed by atoms with Gasteiger partial charge in [-0.2, -0.15) is 0 Å². The van der Waals surface area contributed by atoms with Crippen LogP contribution in [0.2, 0.25) is 0 Å². The Morgan fingerprint density at radius 1 is 1.19 bits per heavy atom. The Hall–Kier alpha value is -0.450. The molecule has 0 atom stereocenters. The van der Waals surface area contributed by atoms with E-state index in [1.165, 1.54) is 0 Å². The summed E-state index contributed by atoms with van der Waals surface area (Å²) in [5, 5.41) is 0. The molecule has 0 aromatic heterocycles. The molecule has 1 saturated carbocycles. The fourth-order valence-corrected chi connectivity index (χ4v) is 2.78. The zero-order valence-corrected chi connectivity index (χ0v) is 10.1. The molecule has 2 fully saturated rings. The van der Waals surface area contributed by atoms with Crippen molar-refractivity contribution in [3.63, 3.8) is 0 Å². The number of hydrogen-bond acceptors (Lipinski definition) is 4. The van der Waals surface area contributed by atoms with Crippen LogP contribution in [-0.2, 0) is 19.0 Å². The van der Waals surface area contributed by atoms with Gasteiger partial charge in [-0.25, -0.2) is 0 Å². The van der Waals surface area contributed by atoms with Crippen molar-refractivity contribution >= 4 is 5.78 Å². The zero-order chi connectivity index (χ0) is 11.6. The van der Waals surface area contributed by atoms with E-state index in [0.717, 1.165) is 25.7 Å². The van der Waals surface area contributed by atoms with E-state index >= 15 is 0 Å². The minimum absolute atomic E-state index is 0.186. The van der Waals surface area contributed by atoms with Crippen LogP contribution < -0.4 is 0 Å². The largest absolute Gasteiger partial charge is 0.378 e. The first-order valence-electron chi connectivity index (χ1n) is 5.92. The predicted octanol–water partition coefficient (Wildman–Crippen LogP) is 1.67. The third-order valence-corrected chi connectivity index (χ3v) is 3.74. The summed E-state index contributed by atoms with van der Waals surface area (Å²) in [5.41, 5.74) is -0.285. The molecule has 1 spiro atoms. The van der Waals surface area contributed by atoms with Crippen molar-refractivity contribution < 1.29 is 19.0 Å². The average Bonchev–Trinajstić information content (AvgIpc) is 2.71. The van der Waals surface area contributed by atoms with Crippen LogP contribution in [0.15, 0.2) is 0 Å². The topological polar surface area (TPSA) is 44.8 Å². The van der Waals surface area contributed by atoms with E-state index < -0.39 is 0 Å². The molecule has 1 heterocycles. The van der Waals surface area contributed by atoms with Gasteiger partial charge in [-0.1, -0.05) is 0 Å². The van der Waals surface area contributed by atoms with Crippen molar-refractivity contribution in [1.82, 2.24) is 0 Å². The normalized spacial score (nSPS) is 27.1. The van der Waals surface area contributed by atoms with Gasteiger partial charge in [0.1, 0.15) is 5.78 Å². The van der Waals surface area contributed by atoms with Gasteiger partial charge in [-0.05, 0) is 19.8 Å². The van der Waals surface area contributed by atoms with Gasteiger partial charge in [0, 0.05) is 26.4 Å². The molecule has 2 rings (SSSR count). The first kappa shape index (κ1) is 12.0. The molecule has 92 valence electrons. The zero-order valence-electron chi connectivity index (χ0n) is 10.1. The maximum absolute atomic E-state index is 11.2. The summed E-state index contributed by atoms with van der Waals surface area (Å²) in [6, 6.07) is 0. The Bertz CT molecular complexity index is 258. The van der Waals surface area contributed by atoms with Gasteiger partial charge in [-0.3, -0.25) is 4.79 Å². The van der Waals surface area contributed by atoms with Crippen LogP contribution in [0.5, 0.6) is 0 Å². The molecule has 0 aromatic carbocycles. The maximum atomic E-state index is 11.2. The highest BCUT2D eigenvalue weighted by molar-refractivity contribution is 5.76. The van der Waals surface area contributed by atoms with Gasteiger partial charge in [0.25, 0.3) is 0 Å². The minimum Gasteiger partial charge on any atom is -0.378 e. The van der Waals surface area contributed by atoms with Crippen LogP contribution in [-0.4, -0.2) is 37.5 Å². The van der Waals surface area contributed by atoms with E-state index in [1.54, 1.807) is 14.0 Å². The van der Waals surface area contributed by atoms with Crippen LogP contribution in [0.3, 0.4) is 0 Å². The summed E-state index contributed by atoms with van der Waals surface area (Å²) in [7, 11) is 1.69. The second-order valence-electron chi connectivity index (χ2n) is 4.87. The lowest BCUT2D eigenvalue weighted by molar-refractivity contribution is -0.207. The van der Waals surface area contributed by atoms with Crippen LogP contribution >= 0.6 is 0 Å². The second kappa shape index (κ2) is 4.43. The maximum Gasteiger partial charge on any atom is 0.168 e. The summed E-state index contributed by atoms with van der Waals surface area (Å²) in [6.45, 7) is 2.99. The lowest BCUT2D eigenvalue weighted by Gasteiger charge is -2.42. The molecule has 0 N–H and O–H groups in total. The van der Waals surface area contributed by atoms with Gasteiger partial charge in [0.2, 0.25) is 0 Å². The van der Waals surface area contributed by atoms with E-state index in [1.807, 2.05) is 0 Å². The Morgan fingerprint density at radius 2 is 1.75 bits per heavy atom. The van der Waals surface area contributed by atoms with Crippen LogP contribution in [0.1, 0.15) is 39.0 Å². The van der Waals surface area contributed by atoms with Crippen molar-refractivity contribution in [3.8, 4) is 0 Å². The molecule has 1 aliphatic heterocycles. The number of carbonyl (C=O) groups excluding carboxylic acids is 1. The van der Waals surface area contributed by atoms with E-state index in [2.05, 4.69) is 0 Å². The lowest BCUT2D eigenvalue weighted by atomic mass is 9.78. The first-order chi connectivity index (χ1) is 7.60. The number of rotatable bonds is 3. The molecule has 1 aliphatic carbocycles. The molecule has 0 radical (unpaired) electrons. The molecular weight excluding hydrogens is 208 g/mol. The van der Waals surface area contributed by atoms with Crippen molar-refractivity contribution in [2.75, 3.05) is 20.3 Å². The van der Waals surface area contributed by atoms with Crippen molar-refractivity contribution in [2.45, 2.75) is 50.4 Å². The average molecular weight is 228 g/mol. The van der Waals surface area contributed by atoms with Crippen LogP contribution in [0.25, 0.3) is 0 Å². The smallest absolute Gasteiger partial charge is 0.168 e. The third kappa shape index (κ3) is 2.29. The highest BCUT2D eigenvalue weighted by atomic mass is 16.7. The van der Waals surface area contributed by atoms with E-state index in [-0.39, 0.29) is 17.2 Å². The molecule has 0 amide bonds. The van der Waals surface area contributed by atoms with Gasteiger partial charge < -0.3 is 14.2 Å². The highest BCUT2D eigenvalue weighted by Crippen LogP contribution is 2.43. The standard InChI is InChI=1S/C12H20O4/c1-10(13)9-11(14-2)3-5-12(6-4-11)15-7-8-16-12/h3-9H2,1-2H3. The first-order valence-corrected chi connectivity index (χ1v) is 5.92. The number of carbonyl (C=O) groups is 1. The Kier molecular flexibility index (Phi) is 3.33. The highest BCUT2D eigenvalue weighted by Gasteiger charge is 2.46. The number of hydrogen-bond donors (Lipinski definition) is 0. The van der Waals surface area contributed by atoms with Crippen molar-refractivity contribution in [1.29, 1.82) is 0 Å². The SMILES string of the molecule is COC1(CC(C)=O)CCC2(CC1)OCCO2. The second-order valence-corrected chi connectivity index (χ2v) is 4.87. The number of Topliss-reactive ketones (excluding diaryl/α,β-unsaturated/α-hetero) is 1. The molecule has 1 saturated heterocycles. The van der Waals surface area contributed by atoms with Crippen LogP contribution in [0.4, 0.5) is 0 Å². The monoisotopic (exact) mass is 228 g/mol. The van der Waals surface area contributed by atoms with Gasteiger partial charge in [-0.15, -0.1) is 0 Å². The van der Waals surface area contributed by atoms with Gasteiger partial charge >= 0.3 is 0 Å². The molecule has 4 heteroatoms. The molecule has 4 nitrogen and oxygen atoms in total. The summed E-state index contributed by atoms with van der Waals surface area (Å²) in [6.07, 6.45) is 3.83. The summed E-state index contributed by atoms with van der Waals surface area (Å²) in [5.74, 6) is -0.190. The third-order valence-electron chi connectivity index (χ3n) is 3.74. The molecular formula is C12H20O4. The molecule has 2 aliphatic rings.